The molecule has 102 valence electrons. The second kappa shape index (κ2) is 8.37. The predicted molar refractivity (Wildman–Crippen MR) is 74.5 cm³/mol. The highest BCUT2D eigenvalue weighted by Crippen LogP contribution is 2.27. The molecule has 0 spiro atoms. The maximum absolute atomic E-state index is 5.97. The summed E-state index contributed by atoms with van der Waals surface area (Å²) in [5, 5.41) is 3.89. The highest BCUT2D eigenvalue weighted by Gasteiger charge is 2.06. The highest BCUT2D eigenvalue weighted by atomic mass is 35.5. The zero-order valence-corrected chi connectivity index (χ0v) is 11.7. The van der Waals surface area contributed by atoms with Crippen LogP contribution in [0, 0.1) is 0 Å². The van der Waals surface area contributed by atoms with Gasteiger partial charge in [0.1, 0.15) is 11.6 Å². The number of hydrogen-bond acceptors (Lipinski definition) is 5. The first-order valence-corrected chi connectivity index (χ1v) is 6.32. The van der Waals surface area contributed by atoms with Crippen molar-refractivity contribution < 1.29 is 9.47 Å². The number of ether oxygens (including phenoxy) is 2. The van der Waals surface area contributed by atoms with E-state index in [-0.39, 0.29) is 5.82 Å². The van der Waals surface area contributed by atoms with Crippen LogP contribution in [0.5, 0.6) is 0 Å². The quantitative estimate of drug-likeness (QED) is 0.721. The van der Waals surface area contributed by atoms with E-state index in [9.17, 15) is 0 Å². The van der Waals surface area contributed by atoms with Gasteiger partial charge < -0.3 is 20.5 Å². The summed E-state index contributed by atoms with van der Waals surface area (Å²) in [6.07, 6.45) is 0.838. The fraction of sp³-hybridized carbons (Fsp3) is 0.545. The number of nitrogens with two attached hydrogens (primary N) is 1. The monoisotopic (exact) mass is 293 g/mol. The van der Waals surface area contributed by atoms with Gasteiger partial charge in [-0.25, -0.2) is 4.98 Å². The number of anilines is 2. The smallest absolute Gasteiger partial charge is 0.147 e. The van der Waals surface area contributed by atoms with Gasteiger partial charge in [0.15, 0.2) is 0 Å². The zero-order chi connectivity index (χ0) is 13.4. The van der Waals surface area contributed by atoms with Crippen molar-refractivity contribution in [1.82, 2.24) is 4.98 Å². The van der Waals surface area contributed by atoms with Crippen molar-refractivity contribution >= 4 is 34.8 Å². The molecule has 0 aliphatic heterocycles. The molecule has 1 heterocycles. The molecular formula is C11H17Cl2N3O2. The van der Waals surface area contributed by atoms with E-state index in [0.717, 1.165) is 6.42 Å². The third-order valence-corrected chi connectivity index (χ3v) is 2.74. The van der Waals surface area contributed by atoms with Crippen LogP contribution in [0.25, 0.3) is 0 Å². The summed E-state index contributed by atoms with van der Waals surface area (Å²) in [7, 11) is 1.64. The third kappa shape index (κ3) is 5.27. The normalized spacial score (nSPS) is 10.6. The van der Waals surface area contributed by atoms with Gasteiger partial charge in [-0.3, -0.25) is 0 Å². The molecule has 1 aromatic rings. The average molecular weight is 294 g/mol. The Kier molecular flexibility index (Phi) is 7.12. The van der Waals surface area contributed by atoms with Crippen LogP contribution in [0.1, 0.15) is 6.42 Å². The lowest BCUT2D eigenvalue weighted by molar-refractivity contribution is 0.0705. The van der Waals surface area contributed by atoms with E-state index >= 15 is 0 Å². The van der Waals surface area contributed by atoms with Crippen LogP contribution in [-0.2, 0) is 9.47 Å². The van der Waals surface area contributed by atoms with Crippen molar-refractivity contribution in [2.24, 2.45) is 0 Å². The summed E-state index contributed by atoms with van der Waals surface area (Å²) in [5.41, 5.74) is 5.59. The summed E-state index contributed by atoms with van der Waals surface area (Å²) in [5.74, 6) is 0.801. The van der Waals surface area contributed by atoms with Gasteiger partial charge in [0.25, 0.3) is 0 Å². The number of pyridine rings is 1. The van der Waals surface area contributed by atoms with E-state index in [2.05, 4.69) is 10.3 Å². The standard InChI is InChI=1S/C11H17Cl2N3O2/c1-17-5-6-18-4-2-3-15-11-9(13)7-8(12)10(14)16-11/h7H,2-6H2,1H3,(H3,14,15,16). The molecule has 3 N–H and O–H groups in total. The van der Waals surface area contributed by atoms with Crippen molar-refractivity contribution in [2.75, 3.05) is 44.5 Å². The maximum Gasteiger partial charge on any atom is 0.147 e. The molecule has 0 saturated carbocycles. The fourth-order valence-corrected chi connectivity index (χ4v) is 1.66. The molecule has 1 aromatic heterocycles. The Morgan fingerprint density at radius 1 is 1.28 bits per heavy atom. The Labute approximate surface area is 117 Å². The van der Waals surface area contributed by atoms with Crippen molar-refractivity contribution in [3.8, 4) is 0 Å². The van der Waals surface area contributed by atoms with Crippen molar-refractivity contribution in [3.63, 3.8) is 0 Å². The highest BCUT2D eigenvalue weighted by molar-refractivity contribution is 6.37. The van der Waals surface area contributed by atoms with Gasteiger partial charge in [-0.1, -0.05) is 23.2 Å². The molecule has 0 aliphatic carbocycles. The van der Waals surface area contributed by atoms with Crippen molar-refractivity contribution in [3.05, 3.63) is 16.1 Å². The van der Waals surface area contributed by atoms with Gasteiger partial charge in [-0.05, 0) is 12.5 Å². The van der Waals surface area contributed by atoms with Crippen LogP contribution in [0.2, 0.25) is 10.0 Å². The van der Waals surface area contributed by atoms with Gasteiger partial charge in [-0.15, -0.1) is 0 Å². The Bertz CT molecular complexity index is 378. The van der Waals surface area contributed by atoms with Gasteiger partial charge >= 0.3 is 0 Å². The van der Waals surface area contributed by atoms with Crippen LogP contribution in [0.3, 0.4) is 0 Å². The van der Waals surface area contributed by atoms with E-state index in [1.807, 2.05) is 0 Å². The number of rotatable bonds is 8. The van der Waals surface area contributed by atoms with E-state index in [0.29, 0.717) is 42.2 Å². The number of halogens is 2. The number of nitrogens with one attached hydrogen (secondary N) is 1. The Hall–Kier alpha value is -0.750. The minimum Gasteiger partial charge on any atom is -0.382 e. The Morgan fingerprint density at radius 3 is 2.78 bits per heavy atom. The number of methoxy groups -OCH3 is 1. The molecule has 0 atom stereocenters. The van der Waals surface area contributed by atoms with Crippen LogP contribution >= 0.6 is 23.2 Å². The van der Waals surface area contributed by atoms with E-state index in [4.69, 9.17) is 38.4 Å². The van der Waals surface area contributed by atoms with Gasteiger partial charge in [0, 0.05) is 20.3 Å². The van der Waals surface area contributed by atoms with Gasteiger partial charge in [-0.2, -0.15) is 0 Å². The molecule has 0 saturated heterocycles. The average Bonchev–Trinajstić information content (AvgIpc) is 2.34. The van der Waals surface area contributed by atoms with Crippen molar-refractivity contribution in [1.29, 1.82) is 0 Å². The first kappa shape index (κ1) is 15.3. The molecule has 0 unspecified atom stereocenters. The van der Waals surface area contributed by atoms with E-state index in [1.165, 1.54) is 0 Å². The number of hydrogen-bond donors (Lipinski definition) is 2. The molecule has 1 rings (SSSR count). The third-order valence-electron chi connectivity index (χ3n) is 2.15. The van der Waals surface area contributed by atoms with Crippen LogP contribution < -0.4 is 11.1 Å². The summed E-state index contributed by atoms with van der Waals surface area (Å²) < 4.78 is 10.2. The molecule has 0 aromatic carbocycles. The lowest BCUT2D eigenvalue weighted by Crippen LogP contribution is -2.10. The summed E-state index contributed by atoms with van der Waals surface area (Å²) in [6, 6.07) is 1.57. The topological polar surface area (TPSA) is 69.4 Å². The Balaban J connectivity index is 2.25. The van der Waals surface area contributed by atoms with Crippen LogP contribution in [-0.4, -0.2) is 38.5 Å². The second-order valence-electron chi connectivity index (χ2n) is 3.57. The van der Waals surface area contributed by atoms with Gasteiger partial charge in [0.2, 0.25) is 0 Å². The zero-order valence-electron chi connectivity index (χ0n) is 10.2. The van der Waals surface area contributed by atoms with Crippen LogP contribution in [0.4, 0.5) is 11.6 Å². The summed E-state index contributed by atoms with van der Waals surface area (Å²) >= 11 is 11.8. The number of aromatic nitrogens is 1. The minimum atomic E-state index is 0.264. The van der Waals surface area contributed by atoms with Crippen LogP contribution in [0.15, 0.2) is 6.07 Å². The lowest BCUT2D eigenvalue weighted by atomic mass is 10.4. The van der Waals surface area contributed by atoms with E-state index in [1.54, 1.807) is 13.2 Å². The maximum atomic E-state index is 5.97. The molecule has 0 fully saturated rings. The largest absolute Gasteiger partial charge is 0.382 e. The fourth-order valence-electron chi connectivity index (χ4n) is 1.23. The molecule has 0 bridgehead atoms. The SMILES string of the molecule is COCCOCCCNc1nc(N)c(Cl)cc1Cl. The second-order valence-corrected chi connectivity index (χ2v) is 4.39. The van der Waals surface area contributed by atoms with Gasteiger partial charge in [0.05, 0.1) is 23.3 Å². The minimum absolute atomic E-state index is 0.264. The Morgan fingerprint density at radius 2 is 2.06 bits per heavy atom. The predicted octanol–water partition coefficient (Wildman–Crippen LogP) is 2.44. The molecule has 18 heavy (non-hydrogen) atoms. The molecule has 5 nitrogen and oxygen atoms in total. The number of nitrogen functional groups attached to an aromatic ring is 1. The molecule has 0 aliphatic rings. The lowest BCUT2D eigenvalue weighted by Gasteiger charge is -2.09. The first-order valence-electron chi connectivity index (χ1n) is 5.57. The first-order chi connectivity index (χ1) is 8.65. The van der Waals surface area contributed by atoms with E-state index < -0.39 is 0 Å². The molecule has 7 heteroatoms. The molecule has 0 radical (unpaired) electrons. The molecule has 0 amide bonds. The van der Waals surface area contributed by atoms with Crippen molar-refractivity contribution in [2.45, 2.75) is 6.42 Å². The summed E-state index contributed by atoms with van der Waals surface area (Å²) in [6.45, 7) is 2.55. The molecular weight excluding hydrogens is 277 g/mol. The summed E-state index contributed by atoms with van der Waals surface area (Å²) in [4.78, 5) is 4.06. The number of nitrogens with zero attached hydrogens (tertiary/aromatic N) is 1.